The van der Waals surface area contributed by atoms with E-state index in [2.05, 4.69) is 25.1 Å². The van der Waals surface area contributed by atoms with Crippen LogP contribution in [0.4, 0.5) is 0 Å². The number of piperidine rings is 1. The Hall–Kier alpha value is -1.15. The average Bonchev–Trinajstić information content (AvgIpc) is 2.30. The van der Waals surface area contributed by atoms with Crippen molar-refractivity contribution in [3.63, 3.8) is 0 Å². The zero-order chi connectivity index (χ0) is 11.3. The first kappa shape index (κ1) is 11.9. The van der Waals surface area contributed by atoms with Gasteiger partial charge in [0.05, 0.1) is 0 Å². The molecule has 0 aromatic heterocycles. The summed E-state index contributed by atoms with van der Waals surface area (Å²) < 4.78 is 0. The monoisotopic (exact) mass is 204 g/mol. The van der Waals surface area contributed by atoms with E-state index >= 15 is 0 Å². The Kier molecular flexibility index (Phi) is 4.50. The minimum Gasteiger partial charge on any atom is -0.317 e. The molecule has 0 spiro atoms. The van der Waals surface area contributed by atoms with Crippen molar-refractivity contribution in [1.29, 1.82) is 5.41 Å². The summed E-state index contributed by atoms with van der Waals surface area (Å²) in [5.41, 5.74) is 1.53. The fourth-order valence-corrected chi connectivity index (χ4v) is 2.19. The third-order valence-corrected chi connectivity index (χ3v) is 3.07. The van der Waals surface area contributed by atoms with Crippen molar-refractivity contribution >= 4 is 5.71 Å². The molecule has 1 unspecified atom stereocenters. The SMILES string of the molecule is C=CC(=C)C(C(=N)C=C)C1CCNCC1. The van der Waals surface area contributed by atoms with E-state index in [0.29, 0.717) is 11.6 Å². The molecule has 0 amide bonds. The highest BCUT2D eigenvalue weighted by molar-refractivity contribution is 5.96. The van der Waals surface area contributed by atoms with Gasteiger partial charge in [-0.3, -0.25) is 0 Å². The molecule has 0 radical (unpaired) electrons. The number of hydrogen-bond acceptors (Lipinski definition) is 2. The molecule has 1 heterocycles. The first-order chi connectivity index (χ1) is 7.20. The molecule has 1 aliphatic heterocycles. The summed E-state index contributed by atoms with van der Waals surface area (Å²) in [6.45, 7) is 13.5. The van der Waals surface area contributed by atoms with Crippen LogP contribution >= 0.6 is 0 Å². The minimum atomic E-state index is 0.113. The van der Waals surface area contributed by atoms with E-state index in [0.717, 1.165) is 31.5 Å². The van der Waals surface area contributed by atoms with Gasteiger partial charge in [-0.2, -0.15) is 0 Å². The molecule has 0 saturated carbocycles. The number of nitrogens with one attached hydrogen (secondary N) is 2. The molecule has 2 N–H and O–H groups in total. The molecule has 1 rings (SSSR count). The van der Waals surface area contributed by atoms with E-state index in [1.54, 1.807) is 12.2 Å². The van der Waals surface area contributed by atoms with Gasteiger partial charge < -0.3 is 10.7 Å². The van der Waals surface area contributed by atoms with E-state index in [4.69, 9.17) is 5.41 Å². The molecule has 0 aromatic carbocycles. The highest BCUT2D eigenvalue weighted by Crippen LogP contribution is 2.29. The van der Waals surface area contributed by atoms with Gasteiger partial charge in [-0.15, -0.1) is 0 Å². The van der Waals surface area contributed by atoms with Crippen LogP contribution in [0.15, 0.2) is 37.5 Å². The van der Waals surface area contributed by atoms with Gasteiger partial charge in [-0.25, -0.2) is 0 Å². The number of rotatable bonds is 5. The Morgan fingerprint density at radius 2 is 1.87 bits per heavy atom. The predicted molar refractivity (Wildman–Crippen MR) is 66.3 cm³/mol. The molecule has 2 nitrogen and oxygen atoms in total. The Morgan fingerprint density at radius 1 is 1.27 bits per heavy atom. The minimum absolute atomic E-state index is 0.113. The van der Waals surface area contributed by atoms with Crippen molar-refractivity contribution in [2.75, 3.05) is 13.1 Å². The van der Waals surface area contributed by atoms with Crippen LogP contribution in [0.25, 0.3) is 0 Å². The number of allylic oxidation sites excluding steroid dienone is 3. The summed E-state index contributed by atoms with van der Waals surface area (Å²) in [5.74, 6) is 0.629. The molecule has 0 aliphatic carbocycles. The largest absolute Gasteiger partial charge is 0.317 e. The topological polar surface area (TPSA) is 35.9 Å². The molecule has 15 heavy (non-hydrogen) atoms. The maximum absolute atomic E-state index is 7.92. The van der Waals surface area contributed by atoms with Crippen molar-refractivity contribution < 1.29 is 0 Å². The van der Waals surface area contributed by atoms with E-state index in [-0.39, 0.29) is 5.92 Å². The van der Waals surface area contributed by atoms with Gasteiger partial charge in [0.2, 0.25) is 0 Å². The van der Waals surface area contributed by atoms with Gasteiger partial charge in [0.1, 0.15) is 0 Å². The molecule has 82 valence electrons. The second-order valence-electron chi connectivity index (χ2n) is 4.00. The fraction of sp³-hybridized carbons (Fsp3) is 0.462. The standard InChI is InChI=1S/C13H20N2/c1-4-10(3)13(12(14)5-2)11-6-8-15-9-7-11/h4-5,11,13-15H,1-3,6-9H2. The summed E-state index contributed by atoms with van der Waals surface area (Å²) in [5, 5.41) is 11.2. The lowest BCUT2D eigenvalue weighted by atomic mass is 9.78. The Morgan fingerprint density at radius 3 is 2.33 bits per heavy atom. The molecule has 1 atom stereocenters. The highest BCUT2D eigenvalue weighted by atomic mass is 14.9. The van der Waals surface area contributed by atoms with Crippen LogP contribution < -0.4 is 5.32 Å². The lowest BCUT2D eigenvalue weighted by Gasteiger charge is -2.30. The van der Waals surface area contributed by atoms with Crippen molar-refractivity contribution in [2.45, 2.75) is 12.8 Å². The fourth-order valence-electron chi connectivity index (χ4n) is 2.19. The Balaban J connectivity index is 2.78. The van der Waals surface area contributed by atoms with Gasteiger partial charge >= 0.3 is 0 Å². The van der Waals surface area contributed by atoms with Gasteiger partial charge in [-0.05, 0) is 43.5 Å². The summed E-state index contributed by atoms with van der Waals surface area (Å²) in [6, 6.07) is 0. The van der Waals surface area contributed by atoms with Crippen molar-refractivity contribution in [2.24, 2.45) is 11.8 Å². The van der Waals surface area contributed by atoms with Crippen LogP contribution in [0, 0.1) is 17.2 Å². The van der Waals surface area contributed by atoms with E-state index < -0.39 is 0 Å². The second-order valence-corrected chi connectivity index (χ2v) is 4.00. The molecule has 2 heteroatoms. The average molecular weight is 204 g/mol. The maximum Gasteiger partial charge on any atom is 0.0385 e. The van der Waals surface area contributed by atoms with Gasteiger partial charge in [0, 0.05) is 11.6 Å². The smallest absolute Gasteiger partial charge is 0.0385 e. The zero-order valence-electron chi connectivity index (χ0n) is 9.26. The lowest BCUT2D eigenvalue weighted by molar-refractivity contribution is 0.339. The van der Waals surface area contributed by atoms with E-state index in [1.807, 2.05) is 0 Å². The van der Waals surface area contributed by atoms with Crippen LogP contribution in [0.5, 0.6) is 0 Å². The van der Waals surface area contributed by atoms with Crippen LogP contribution in [-0.2, 0) is 0 Å². The molecule has 0 aromatic rings. The normalized spacial score (nSPS) is 19.2. The van der Waals surface area contributed by atoms with Crippen molar-refractivity contribution in [3.8, 4) is 0 Å². The third kappa shape index (κ3) is 2.90. The van der Waals surface area contributed by atoms with Crippen LogP contribution in [0.3, 0.4) is 0 Å². The van der Waals surface area contributed by atoms with Gasteiger partial charge in [0.15, 0.2) is 0 Å². The van der Waals surface area contributed by atoms with Crippen LogP contribution in [0.2, 0.25) is 0 Å². The number of hydrogen-bond donors (Lipinski definition) is 2. The summed E-state index contributed by atoms with van der Waals surface area (Å²) in [7, 11) is 0. The Bertz CT molecular complexity index is 252. The van der Waals surface area contributed by atoms with E-state index in [1.165, 1.54) is 0 Å². The van der Waals surface area contributed by atoms with Crippen LogP contribution in [-0.4, -0.2) is 18.8 Å². The van der Waals surface area contributed by atoms with E-state index in [9.17, 15) is 0 Å². The van der Waals surface area contributed by atoms with Crippen LogP contribution in [0.1, 0.15) is 12.8 Å². The molecule has 1 aliphatic rings. The van der Waals surface area contributed by atoms with Crippen molar-refractivity contribution in [1.82, 2.24) is 5.32 Å². The van der Waals surface area contributed by atoms with Gasteiger partial charge in [0.25, 0.3) is 0 Å². The third-order valence-electron chi connectivity index (χ3n) is 3.07. The molecular formula is C13H20N2. The molecule has 0 bridgehead atoms. The molecule has 1 saturated heterocycles. The summed E-state index contributed by atoms with van der Waals surface area (Å²) >= 11 is 0. The van der Waals surface area contributed by atoms with Gasteiger partial charge in [-0.1, -0.05) is 25.8 Å². The summed E-state index contributed by atoms with van der Waals surface area (Å²) in [4.78, 5) is 0. The summed E-state index contributed by atoms with van der Waals surface area (Å²) in [6.07, 6.45) is 5.60. The second kappa shape index (κ2) is 5.66. The first-order valence-corrected chi connectivity index (χ1v) is 5.43. The first-order valence-electron chi connectivity index (χ1n) is 5.43. The quantitative estimate of drug-likeness (QED) is 0.524. The molecule has 1 fully saturated rings. The highest BCUT2D eigenvalue weighted by Gasteiger charge is 2.26. The molecular weight excluding hydrogens is 184 g/mol. The zero-order valence-corrected chi connectivity index (χ0v) is 9.26. The maximum atomic E-state index is 7.92. The lowest BCUT2D eigenvalue weighted by Crippen LogP contribution is -2.34. The Labute approximate surface area is 92.3 Å². The van der Waals surface area contributed by atoms with Crippen molar-refractivity contribution in [3.05, 3.63) is 37.5 Å². The predicted octanol–water partition coefficient (Wildman–Crippen LogP) is 2.55.